The van der Waals surface area contributed by atoms with Gasteiger partial charge in [-0.3, -0.25) is 0 Å². The molecule has 104 valence electrons. The average Bonchev–Trinajstić information content (AvgIpc) is 2.93. The fourth-order valence-corrected chi connectivity index (χ4v) is 2.23. The second-order valence-electron chi connectivity index (χ2n) is 4.69. The number of hydrogen-bond donors (Lipinski definition) is 1. The third kappa shape index (κ3) is 3.78. The number of halogens is 1. The molecule has 1 aliphatic rings. The quantitative estimate of drug-likeness (QED) is 0.889. The van der Waals surface area contributed by atoms with Gasteiger partial charge in [-0.2, -0.15) is 0 Å². The molecule has 2 aromatic carbocycles. The van der Waals surface area contributed by atoms with E-state index in [9.17, 15) is 0 Å². The van der Waals surface area contributed by atoms with Gasteiger partial charge in [0.25, 0.3) is 0 Å². The van der Waals surface area contributed by atoms with Crippen LogP contribution >= 0.6 is 12.4 Å². The normalized spacial score (nSPS) is 15.5. The highest BCUT2D eigenvalue weighted by atomic mass is 35.5. The van der Waals surface area contributed by atoms with E-state index in [0.717, 1.165) is 24.5 Å². The smallest absolute Gasteiger partial charge is 0.128 e. The van der Waals surface area contributed by atoms with Crippen molar-refractivity contribution in [1.82, 2.24) is 5.32 Å². The molecular weight excluding hydrogens is 270 g/mol. The highest BCUT2D eigenvalue weighted by Crippen LogP contribution is 2.23. The summed E-state index contributed by atoms with van der Waals surface area (Å²) in [6.45, 7) is 1.09. The lowest BCUT2D eigenvalue weighted by molar-refractivity contribution is 0.482. The molecule has 0 amide bonds. The molecule has 0 aliphatic carbocycles. The van der Waals surface area contributed by atoms with Crippen LogP contribution in [-0.4, -0.2) is 6.54 Å². The first kappa shape index (κ1) is 14.5. The van der Waals surface area contributed by atoms with Crippen molar-refractivity contribution < 1.29 is 4.74 Å². The minimum absolute atomic E-state index is 0. The Morgan fingerprint density at radius 2 is 1.75 bits per heavy atom. The van der Waals surface area contributed by atoms with Crippen LogP contribution in [0.2, 0.25) is 0 Å². The molecule has 1 heterocycles. The van der Waals surface area contributed by atoms with Gasteiger partial charge < -0.3 is 10.1 Å². The molecular formula is C17H18ClNO. The van der Waals surface area contributed by atoms with Crippen LogP contribution in [-0.2, 0) is 0 Å². The molecule has 2 nitrogen and oxygen atoms in total. The summed E-state index contributed by atoms with van der Waals surface area (Å²) in [5, 5.41) is 3.39. The average molecular weight is 288 g/mol. The van der Waals surface area contributed by atoms with Crippen molar-refractivity contribution in [2.75, 3.05) is 6.54 Å². The van der Waals surface area contributed by atoms with E-state index < -0.39 is 0 Å². The first-order valence-corrected chi connectivity index (χ1v) is 6.67. The minimum Gasteiger partial charge on any atom is -0.457 e. The van der Waals surface area contributed by atoms with Crippen LogP contribution in [0.25, 0.3) is 6.08 Å². The van der Waals surface area contributed by atoms with Gasteiger partial charge in [-0.15, -0.1) is 12.4 Å². The molecule has 2 aromatic rings. The Kier molecular flexibility index (Phi) is 5.08. The first-order chi connectivity index (χ1) is 9.40. The maximum atomic E-state index is 5.83. The highest BCUT2D eigenvalue weighted by molar-refractivity contribution is 5.85. The van der Waals surface area contributed by atoms with Gasteiger partial charge in [0.2, 0.25) is 0 Å². The van der Waals surface area contributed by atoms with Crippen LogP contribution in [0, 0.1) is 0 Å². The first-order valence-electron chi connectivity index (χ1n) is 6.67. The van der Waals surface area contributed by atoms with Gasteiger partial charge >= 0.3 is 0 Å². The van der Waals surface area contributed by atoms with Gasteiger partial charge in [-0.1, -0.05) is 30.3 Å². The zero-order valence-electron chi connectivity index (χ0n) is 11.2. The Hall–Kier alpha value is -1.93. The molecule has 0 atom stereocenters. The summed E-state index contributed by atoms with van der Waals surface area (Å²) in [4.78, 5) is 0. The predicted octanol–water partition coefficient (Wildman–Crippen LogP) is 4.63. The topological polar surface area (TPSA) is 21.3 Å². The van der Waals surface area contributed by atoms with Crippen molar-refractivity contribution in [3.8, 4) is 11.5 Å². The number of para-hydroxylation sites is 1. The summed E-state index contributed by atoms with van der Waals surface area (Å²) in [6.07, 6.45) is 4.57. The second-order valence-corrected chi connectivity index (χ2v) is 4.69. The van der Waals surface area contributed by atoms with Gasteiger partial charge in [-0.05, 0) is 48.7 Å². The number of nitrogens with one attached hydrogen (secondary N) is 1. The molecule has 1 N–H and O–H groups in total. The molecule has 0 bridgehead atoms. The molecule has 0 unspecified atom stereocenters. The largest absolute Gasteiger partial charge is 0.457 e. The lowest BCUT2D eigenvalue weighted by atomic mass is 10.1. The fraction of sp³-hybridized carbons (Fsp3) is 0.176. The summed E-state index contributed by atoms with van der Waals surface area (Å²) in [6, 6.07) is 18.0. The molecule has 0 aromatic heterocycles. The number of hydrogen-bond acceptors (Lipinski definition) is 2. The van der Waals surface area contributed by atoms with Crippen molar-refractivity contribution in [3.05, 3.63) is 65.9 Å². The Morgan fingerprint density at radius 3 is 2.50 bits per heavy atom. The standard InChI is InChI=1S/C17H17NO.ClH/c1-2-8-16(9-3-1)19-17-10-4-6-14(13-17)12-15-7-5-11-18-15;/h1-4,6,8-10,12-13,18H,5,7,11H2;1H. The summed E-state index contributed by atoms with van der Waals surface area (Å²) in [5.41, 5.74) is 2.50. The lowest BCUT2D eigenvalue weighted by Crippen LogP contribution is -2.02. The summed E-state index contributed by atoms with van der Waals surface area (Å²) >= 11 is 0. The molecule has 1 saturated heterocycles. The van der Waals surface area contributed by atoms with Gasteiger partial charge in [-0.25, -0.2) is 0 Å². The second kappa shape index (κ2) is 7.01. The van der Waals surface area contributed by atoms with Crippen molar-refractivity contribution >= 4 is 18.5 Å². The fourth-order valence-electron chi connectivity index (χ4n) is 2.23. The van der Waals surface area contributed by atoms with Crippen molar-refractivity contribution in [1.29, 1.82) is 0 Å². The minimum atomic E-state index is 0. The van der Waals surface area contributed by atoms with Crippen molar-refractivity contribution in [2.24, 2.45) is 0 Å². The number of allylic oxidation sites excluding steroid dienone is 1. The SMILES string of the molecule is C(=C1CCCN1)c1cccc(Oc2ccccc2)c1.Cl. The number of benzene rings is 2. The predicted molar refractivity (Wildman–Crippen MR) is 85.4 cm³/mol. The Morgan fingerprint density at radius 1 is 0.950 bits per heavy atom. The molecule has 3 heteroatoms. The third-order valence-electron chi connectivity index (χ3n) is 3.15. The van der Waals surface area contributed by atoms with E-state index in [1.807, 2.05) is 42.5 Å². The summed E-state index contributed by atoms with van der Waals surface area (Å²) in [7, 11) is 0. The Labute approximate surface area is 125 Å². The lowest BCUT2D eigenvalue weighted by Gasteiger charge is -2.06. The van der Waals surface area contributed by atoms with E-state index in [-0.39, 0.29) is 12.4 Å². The van der Waals surface area contributed by atoms with E-state index >= 15 is 0 Å². The highest BCUT2D eigenvalue weighted by Gasteiger charge is 2.05. The maximum absolute atomic E-state index is 5.83. The molecule has 0 spiro atoms. The van der Waals surface area contributed by atoms with Crippen LogP contribution < -0.4 is 10.1 Å². The van der Waals surface area contributed by atoms with Gasteiger partial charge in [0.1, 0.15) is 11.5 Å². The molecule has 1 fully saturated rings. The van der Waals surface area contributed by atoms with Gasteiger partial charge in [0.05, 0.1) is 0 Å². The van der Waals surface area contributed by atoms with Crippen LogP contribution in [0.1, 0.15) is 18.4 Å². The van der Waals surface area contributed by atoms with Crippen LogP contribution in [0.15, 0.2) is 60.3 Å². The van der Waals surface area contributed by atoms with Gasteiger partial charge in [0.15, 0.2) is 0 Å². The molecule has 20 heavy (non-hydrogen) atoms. The van der Waals surface area contributed by atoms with Crippen molar-refractivity contribution in [2.45, 2.75) is 12.8 Å². The molecule has 0 saturated carbocycles. The molecule has 1 aliphatic heterocycles. The third-order valence-corrected chi connectivity index (χ3v) is 3.15. The number of ether oxygens (including phenoxy) is 1. The summed E-state index contributed by atoms with van der Waals surface area (Å²) < 4.78 is 5.83. The Bertz CT molecular complexity index is 573. The zero-order chi connectivity index (χ0) is 12.9. The van der Waals surface area contributed by atoms with Crippen LogP contribution in [0.3, 0.4) is 0 Å². The zero-order valence-corrected chi connectivity index (χ0v) is 12.0. The molecule has 0 radical (unpaired) electrons. The van der Waals surface area contributed by atoms with E-state index in [0.29, 0.717) is 0 Å². The Balaban J connectivity index is 0.00000147. The summed E-state index contributed by atoms with van der Waals surface area (Å²) in [5.74, 6) is 1.74. The number of rotatable bonds is 3. The monoisotopic (exact) mass is 287 g/mol. The van der Waals surface area contributed by atoms with Crippen LogP contribution in [0.5, 0.6) is 11.5 Å². The maximum Gasteiger partial charge on any atom is 0.128 e. The van der Waals surface area contributed by atoms with E-state index in [1.165, 1.54) is 17.7 Å². The van der Waals surface area contributed by atoms with Gasteiger partial charge in [0, 0.05) is 12.2 Å². The van der Waals surface area contributed by atoms with Crippen molar-refractivity contribution in [3.63, 3.8) is 0 Å². The molecule has 3 rings (SSSR count). The van der Waals surface area contributed by atoms with Crippen LogP contribution in [0.4, 0.5) is 0 Å². The van der Waals surface area contributed by atoms with E-state index in [2.05, 4.69) is 23.5 Å². The van der Waals surface area contributed by atoms with E-state index in [4.69, 9.17) is 4.74 Å². The van der Waals surface area contributed by atoms with E-state index in [1.54, 1.807) is 0 Å².